The summed E-state index contributed by atoms with van der Waals surface area (Å²) in [7, 11) is 1.95. The Labute approximate surface area is 145 Å². The highest BCUT2D eigenvalue weighted by Gasteiger charge is 2.40. The summed E-state index contributed by atoms with van der Waals surface area (Å²) in [5, 5.41) is 3.32. The minimum Gasteiger partial charge on any atom is -0.346 e. The van der Waals surface area contributed by atoms with E-state index in [1.807, 2.05) is 24.1 Å². The van der Waals surface area contributed by atoms with Crippen LogP contribution in [0.3, 0.4) is 0 Å². The quantitative estimate of drug-likeness (QED) is 0.422. The lowest BCUT2D eigenvalue weighted by Crippen LogP contribution is -2.52. The fourth-order valence-electron chi connectivity index (χ4n) is 2.85. The van der Waals surface area contributed by atoms with Crippen LogP contribution in [0.5, 0.6) is 0 Å². The summed E-state index contributed by atoms with van der Waals surface area (Å²) in [6.45, 7) is 0. The van der Waals surface area contributed by atoms with Crippen LogP contribution in [0.15, 0.2) is 40.0 Å². The molecule has 4 rings (SSSR count). The number of fused-ring (bicyclic) bond motifs is 2. The molecule has 0 amide bonds. The maximum Gasteiger partial charge on any atom is 0.204 e. The normalized spacial score (nSPS) is 29.0. The number of rotatable bonds is 1. The van der Waals surface area contributed by atoms with Gasteiger partial charge in [0, 0.05) is 10.6 Å². The van der Waals surface area contributed by atoms with Gasteiger partial charge in [0.2, 0.25) is 5.62 Å². The first-order chi connectivity index (χ1) is 10.5. The zero-order chi connectivity index (χ0) is 15.4. The van der Waals surface area contributed by atoms with Gasteiger partial charge in [0.05, 0.1) is 17.7 Å². The summed E-state index contributed by atoms with van der Waals surface area (Å²) in [6, 6.07) is 5.03. The van der Waals surface area contributed by atoms with Crippen LogP contribution in [0.1, 0.15) is 0 Å². The van der Waals surface area contributed by atoms with E-state index in [1.54, 1.807) is 17.3 Å². The van der Waals surface area contributed by atoms with Gasteiger partial charge >= 0.3 is 0 Å². The first kappa shape index (κ1) is 14.3. The van der Waals surface area contributed by atoms with Crippen LogP contribution >= 0.6 is 34.2 Å². The molecule has 0 bridgehead atoms. The van der Waals surface area contributed by atoms with Crippen molar-refractivity contribution in [3.63, 3.8) is 0 Å². The van der Waals surface area contributed by atoms with Crippen molar-refractivity contribution in [3.05, 3.63) is 39.4 Å². The van der Waals surface area contributed by atoms with Gasteiger partial charge in [-0.05, 0) is 46.9 Å². The summed E-state index contributed by atoms with van der Waals surface area (Å²) < 4.78 is 15.2. The van der Waals surface area contributed by atoms with Crippen LogP contribution in [0, 0.1) is 9.39 Å². The largest absolute Gasteiger partial charge is 0.346 e. The number of anilines is 1. The average Bonchev–Trinajstić information content (AvgIpc) is 2.97. The third kappa shape index (κ3) is 2.10. The number of amidine groups is 1. The predicted octanol–water partition coefficient (Wildman–Crippen LogP) is 2.33. The topological polar surface area (TPSA) is 43.2 Å². The second kappa shape index (κ2) is 5.09. The maximum absolute atomic E-state index is 14.3. The number of halogens is 3. The van der Waals surface area contributed by atoms with Gasteiger partial charge in [-0.1, -0.05) is 11.6 Å². The van der Waals surface area contributed by atoms with E-state index in [2.05, 4.69) is 37.9 Å². The predicted molar refractivity (Wildman–Crippen MR) is 93.7 cm³/mol. The molecule has 0 aromatic heterocycles. The molecular formula is C14H12ClFIN5. The van der Waals surface area contributed by atoms with Crippen molar-refractivity contribution < 1.29 is 4.39 Å². The average molecular weight is 432 g/mol. The van der Waals surface area contributed by atoms with E-state index in [-0.39, 0.29) is 18.0 Å². The molecule has 0 saturated heterocycles. The van der Waals surface area contributed by atoms with E-state index >= 15 is 0 Å². The molecule has 22 heavy (non-hydrogen) atoms. The summed E-state index contributed by atoms with van der Waals surface area (Å²) in [6.07, 6.45) is 3.81. The van der Waals surface area contributed by atoms with E-state index in [1.165, 1.54) is 6.07 Å². The number of hydrogen-bond donors (Lipinski definition) is 1. The Morgan fingerprint density at radius 3 is 3.00 bits per heavy atom. The number of nitrogens with zero attached hydrogens (tertiary/aromatic N) is 4. The van der Waals surface area contributed by atoms with Crippen molar-refractivity contribution in [1.29, 1.82) is 0 Å². The highest BCUT2D eigenvalue weighted by molar-refractivity contribution is 14.1. The lowest BCUT2D eigenvalue weighted by atomic mass is 10.1. The van der Waals surface area contributed by atoms with Gasteiger partial charge < -0.3 is 10.2 Å². The Kier molecular flexibility index (Phi) is 3.30. The number of nitrogens with one attached hydrogen (secondary N) is 1. The molecule has 1 aromatic rings. The van der Waals surface area contributed by atoms with Crippen LogP contribution in [-0.4, -0.2) is 42.0 Å². The minimum absolute atomic E-state index is 0.0321. The van der Waals surface area contributed by atoms with Crippen molar-refractivity contribution in [2.75, 3.05) is 11.9 Å². The third-order valence-corrected chi connectivity index (χ3v) is 4.88. The van der Waals surface area contributed by atoms with Gasteiger partial charge in [-0.3, -0.25) is 9.89 Å². The fourth-order valence-corrected chi connectivity index (χ4v) is 3.61. The molecule has 3 unspecified atom stereocenters. The van der Waals surface area contributed by atoms with Crippen molar-refractivity contribution in [3.8, 4) is 0 Å². The second-order valence-electron chi connectivity index (χ2n) is 5.32. The Morgan fingerprint density at radius 1 is 1.41 bits per heavy atom. The lowest BCUT2D eigenvalue weighted by molar-refractivity contribution is 0.353. The van der Waals surface area contributed by atoms with Crippen LogP contribution in [0.4, 0.5) is 10.1 Å². The second-order valence-corrected chi connectivity index (χ2v) is 6.95. The van der Waals surface area contributed by atoms with Crippen LogP contribution in [0.2, 0.25) is 0 Å². The number of hydrogen-bond acceptors (Lipinski definition) is 5. The molecular weight excluding hydrogens is 420 g/mol. The summed E-state index contributed by atoms with van der Waals surface area (Å²) in [4.78, 5) is 12.5. The molecule has 3 aliphatic rings. The van der Waals surface area contributed by atoms with Gasteiger partial charge in [0.25, 0.3) is 0 Å². The summed E-state index contributed by atoms with van der Waals surface area (Å²) >= 11 is 8.41. The van der Waals surface area contributed by atoms with Crippen molar-refractivity contribution >= 4 is 52.1 Å². The smallest absolute Gasteiger partial charge is 0.204 e. The van der Waals surface area contributed by atoms with Crippen molar-refractivity contribution in [2.45, 2.75) is 17.8 Å². The molecule has 5 nitrogen and oxygen atoms in total. The van der Waals surface area contributed by atoms with Gasteiger partial charge in [-0.25, -0.2) is 9.38 Å². The zero-order valence-electron chi connectivity index (χ0n) is 11.5. The monoisotopic (exact) mass is 431 g/mol. The molecule has 3 aliphatic heterocycles. The number of benzene rings is 1. The molecule has 3 heterocycles. The molecule has 3 atom stereocenters. The van der Waals surface area contributed by atoms with Crippen molar-refractivity contribution in [2.24, 2.45) is 9.98 Å². The molecule has 0 radical (unpaired) electrons. The van der Waals surface area contributed by atoms with E-state index < -0.39 is 5.62 Å². The third-order valence-electron chi connectivity index (χ3n) is 3.92. The standard InChI is InChI=1S/C14H12ClFIN5/c1-21-6-18-9-5-11-12(19-13(9)21)20-14(15)22(11)10-3-2-7(17)4-8(10)16/h2-6,9,13-14H,1H3,(H,19,20). The van der Waals surface area contributed by atoms with E-state index in [9.17, 15) is 4.39 Å². The Bertz CT molecular complexity index is 734. The van der Waals surface area contributed by atoms with E-state index in [0.29, 0.717) is 11.5 Å². The number of aliphatic imine (C=N–C) groups is 2. The molecule has 1 N–H and O–H groups in total. The van der Waals surface area contributed by atoms with Crippen LogP contribution in [0.25, 0.3) is 0 Å². The first-order valence-corrected chi connectivity index (χ1v) is 8.26. The molecule has 8 heteroatoms. The molecule has 0 fully saturated rings. The van der Waals surface area contributed by atoms with E-state index in [4.69, 9.17) is 11.6 Å². The molecule has 0 saturated carbocycles. The Balaban J connectivity index is 1.76. The van der Waals surface area contributed by atoms with Gasteiger partial charge in [-0.15, -0.1) is 0 Å². The fraction of sp³-hybridized carbons (Fsp3) is 0.286. The van der Waals surface area contributed by atoms with Gasteiger partial charge in [0.15, 0.2) is 0 Å². The van der Waals surface area contributed by atoms with Gasteiger partial charge in [0.1, 0.15) is 23.9 Å². The minimum atomic E-state index is -0.670. The van der Waals surface area contributed by atoms with Crippen LogP contribution in [-0.2, 0) is 0 Å². The maximum atomic E-state index is 14.3. The zero-order valence-corrected chi connectivity index (χ0v) is 14.5. The number of likely N-dealkylation sites (N-methyl/N-ethyl adjacent to an activating group) is 1. The molecule has 0 aliphatic carbocycles. The molecule has 114 valence electrons. The molecule has 0 spiro atoms. The lowest BCUT2D eigenvalue weighted by Gasteiger charge is -2.32. The van der Waals surface area contributed by atoms with E-state index in [0.717, 1.165) is 9.27 Å². The van der Waals surface area contributed by atoms with Crippen molar-refractivity contribution in [1.82, 2.24) is 10.2 Å². The van der Waals surface area contributed by atoms with Crippen LogP contribution < -0.4 is 10.2 Å². The highest BCUT2D eigenvalue weighted by atomic mass is 127. The first-order valence-electron chi connectivity index (χ1n) is 6.75. The number of alkyl halides is 1. The summed E-state index contributed by atoms with van der Waals surface area (Å²) in [5.74, 6) is 0.362. The SMILES string of the molecule is CN1C=NC2C=C3C(=NC(Cl)N3c3ccc(I)cc3F)NC21. The molecule has 1 aromatic carbocycles. The summed E-state index contributed by atoms with van der Waals surface area (Å²) in [5.41, 5.74) is 0.520. The Hall–Kier alpha value is -1.35. The Morgan fingerprint density at radius 2 is 2.23 bits per heavy atom. The van der Waals surface area contributed by atoms with Gasteiger partial charge in [-0.2, -0.15) is 0 Å². The highest BCUT2D eigenvalue weighted by Crippen LogP contribution is 2.35.